The summed E-state index contributed by atoms with van der Waals surface area (Å²) in [7, 11) is 0. The summed E-state index contributed by atoms with van der Waals surface area (Å²) in [6.07, 6.45) is 2.06. The van der Waals surface area contributed by atoms with Gasteiger partial charge in [0.05, 0.1) is 12.2 Å². The van der Waals surface area contributed by atoms with Crippen LogP contribution in [0.25, 0.3) is 0 Å². The fourth-order valence-electron chi connectivity index (χ4n) is 2.02. The van der Waals surface area contributed by atoms with Crippen molar-refractivity contribution in [2.75, 3.05) is 19.8 Å². The molecule has 1 aliphatic heterocycles. The number of hydrogen-bond donors (Lipinski definition) is 1. The molecule has 2 rings (SSSR count). The Balaban J connectivity index is 2.00. The molecule has 1 heterocycles. The van der Waals surface area contributed by atoms with E-state index in [2.05, 4.69) is 0 Å². The van der Waals surface area contributed by atoms with Crippen LogP contribution in [0.3, 0.4) is 0 Å². The van der Waals surface area contributed by atoms with Gasteiger partial charge in [-0.3, -0.25) is 0 Å². The molecule has 0 aromatic heterocycles. The lowest BCUT2D eigenvalue weighted by Gasteiger charge is -2.27. The zero-order valence-corrected chi connectivity index (χ0v) is 10.5. The number of ether oxygens (including phenoxy) is 2. The third-order valence-electron chi connectivity index (χ3n) is 2.96. The van der Waals surface area contributed by atoms with Gasteiger partial charge in [-0.05, 0) is 30.5 Å². The largest absolute Gasteiger partial charge is 0.381 e. The maximum Gasteiger partial charge on any atom is 0.0951 e. The SMILES string of the molecule is NCC(OC1CCOCC1)c1cccc(Cl)c1. The maximum absolute atomic E-state index is 6.02. The van der Waals surface area contributed by atoms with Crippen molar-refractivity contribution in [1.82, 2.24) is 0 Å². The fraction of sp³-hybridized carbons (Fsp3) is 0.538. The van der Waals surface area contributed by atoms with Gasteiger partial charge in [-0.2, -0.15) is 0 Å². The molecule has 0 spiro atoms. The summed E-state index contributed by atoms with van der Waals surface area (Å²) in [4.78, 5) is 0. The molecule has 1 fully saturated rings. The molecule has 0 amide bonds. The lowest BCUT2D eigenvalue weighted by atomic mass is 10.1. The van der Waals surface area contributed by atoms with Crippen LogP contribution in [0.1, 0.15) is 24.5 Å². The van der Waals surface area contributed by atoms with Gasteiger partial charge in [0.2, 0.25) is 0 Å². The minimum atomic E-state index is -0.0724. The molecule has 1 unspecified atom stereocenters. The van der Waals surface area contributed by atoms with Crippen molar-refractivity contribution in [1.29, 1.82) is 0 Å². The van der Waals surface area contributed by atoms with E-state index >= 15 is 0 Å². The van der Waals surface area contributed by atoms with Gasteiger partial charge in [0.1, 0.15) is 0 Å². The second kappa shape index (κ2) is 6.36. The highest BCUT2D eigenvalue weighted by Crippen LogP contribution is 2.24. The zero-order chi connectivity index (χ0) is 12.1. The molecular formula is C13H18ClNO2. The molecule has 17 heavy (non-hydrogen) atoms. The summed E-state index contributed by atoms with van der Waals surface area (Å²) in [5.74, 6) is 0. The number of rotatable bonds is 4. The molecule has 4 heteroatoms. The lowest BCUT2D eigenvalue weighted by molar-refractivity contribution is -0.0665. The van der Waals surface area contributed by atoms with Gasteiger partial charge in [-0.25, -0.2) is 0 Å². The Morgan fingerprint density at radius 1 is 1.41 bits per heavy atom. The smallest absolute Gasteiger partial charge is 0.0951 e. The predicted octanol–water partition coefficient (Wildman–Crippen LogP) is 2.54. The maximum atomic E-state index is 6.02. The Hall–Kier alpha value is -0.610. The molecule has 1 atom stereocenters. The molecule has 0 bridgehead atoms. The molecular weight excluding hydrogens is 238 g/mol. The molecule has 1 aromatic carbocycles. The second-order valence-corrected chi connectivity index (χ2v) is 4.66. The monoisotopic (exact) mass is 255 g/mol. The molecule has 94 valence electrons. The first-order valence-electron chi connectivity index (χ1n) is 5.98. The van der Waals surface area contributed by atoms with Crippen LogP contribution in [-0.2, 0) is 9.47 Å². The summed E-state index contributed by atoms with van der Waals surface area (Å²) in [5.41, 5.74) is 6.82. The molecule has 3 nitrogen and oxygen atoms in total. The van der Waals surface area contributed by atoms with Crippen LogP contribution in [0.15, 0.2) is 24.3 Å². The summed E-state index contributed by atoms with van der Waals surface area (Å²) >= 11 is 5.97. The van der Waals surface area contributed by atoms with Gasteiger partial charge in [-0.15, -0.1) is 0 Å². The van der Waals surface area contributed by atoms with Crippen molar-refractivity contribution in [2.24, 2.45) is 5.73 Å². The van der Waals surface area contributed by atoms with Crippen molar-refractivity contribution in [3.05, 3.63) is 34.9 Å². The average Bonchev–Trinajstić information content (AvgIpc) is 2.37. The van der Waals surface area contributed by atoms with Crippen LogP contribution in [0.5, 0.6) is 0 Å². The van der Waals surface area contributed by atoms with E-state index in [1.165, 1.54) is 0 Å². The van der Waals surface area contributed by atoms with E-state index in [1.54, 1.807) is 0 Å². The number of benzene rings is 1. The van der Waals surface area contributed by atoms with Crippen molar-refractivity contribution in [3.63, 3.8) is 0 Å². The fourth-order valence-corrected chi connectivity index (χ4v) is 2.22. The molecule has 0 saturated carbocycles. The number of nitrogens with two attached hydrogens (primary N) is 1. The Morgan fingerprint density at radius 2 is 2.18 bits per heavy atom. The highest BCUT2D eigenvalue weighted by atomic mass is 35.5. The number of halogens is 1. The van der Waals surface area contributed by atoms with E-state index < -0.39 is 0 Å². The van der Waals surface area contributed by atoms with Gasteiger partial charge in [0.15, 0.2) is 0 Å². The normalized spacial score (nSPS) is 19.2. The summed E-state index contributed by atoms with van der Waals surface area (Å²) in [5, 5.41) is 0.719. The quantitative estimate of drug-likeness (QED) is 0.899. The van der Waals surface area contributed by atoms with E-state index in [0.717, 1.165) is 36.6 Å². The second-order valence-electron chi connectivity index (χ2n) is 4.23. The zero-order valence-electron chi connectivity index (χ0n) is 9.77. The van der Waals surface area contributed by atoms with Crippen LogP contribution in [0.4, 0.5) is 0 Å². The lowest BCUT2D eigenvalue weighted by Crippen LogP contribution is -2.28. The highest BCUT2D eigenvalue weighted by molar-refractivity contribution is 6.30. The Labute approximate surface area is 107 Å². The van der Waals surface area contributed by atoms with E-state index in [9.17, 15) is 0 Å². The Bertz CT molecular complexity index is 353. The van der Waals surface area contributed by atoms with Crippen molar-refractivity contribution < 1.29 is 9.47 Å². The van der Waals surface area contributed by atoms with Crippen LogP contribution in [-0.4, -0.2) is 25.9 Å². The predicted molar refractivity (Wildman–Crippen MR) is 68.2 cm³/mol. The van der Waals surface area contributed by atoms with E-state index in [4.69, 9.17) is 26.8 Å². The first-order valence-corrected chi connectivity index (χ1v) is 6.36. The molecule has 0 radical (unpaired) electrons. The summed E-state index contributed by atoms with van der Waals surface area (Å²) in [6, 6.07) is 7.70. The van der Waals surface area contributed by atoms with E-state index in [1.807, 2.05) is 24.3 Å². The minimum Gasteiger partial charge on any atom is -0.381 e. The summed E-state index contributed by atoms with van der Waals surface area (Å²) < 4.78 is 11.3. The first-order chi connectivity index (χ1) is 8.29. The Kier molecular flexibility index (Phi) is 4.80. The summed E-state index contributed by atoms with van der Waals surface area (Å²) in [6.45, 7) is 2.02. The average molecular weight is 256 g/mol. The van der Waals surface area contributed by atoms with Gasteiger partial charge in [-0.1, -0.05) is 23.7 Å². The van der Waals surface area contributed by atoms with Gasteiger partial charge in [0.25, 0.3) is 0 Å². The van der Waals surface area contributed by atoms with Gasteiger partial charge >= 0.3 is 0 Å². The van der Waals surface area contributed by atoms with E-state index in [0.29, 0.717) is 6.54 Å². The van der Waals surface area contributed by atoms with Crippen LogP contribution in [0.2, 0.25) is 5.02 Å². The standard InChI is InChI=1S/C13H18ClNO2/c14-11-3-1-2-10(8-11)13(9-15)17-12-4-6-16-7-5-12/h1-3,8,12-13H,4-7,9,15H2. The molecule has 1 saturated heterocycles. The topological polar surface area (TPSA) is 44.5 Å². The molecule has 1 aromatic rings. The third-order valence-corrected chi connectivity index (χ3v) is 3.19. The van der Waals surface area contributed by atoms with Crippen molar-refractivity contribution in [3.8, 4) is 0 Å². The molecule has 2 N–H and O–H groups in total. The molecule has 1 aliphatic rings. The first kappa shape index (κ1) is 12.8. The highest BCUT2D eigenvalue weighted by Gasteiger charge is 2.20. The van der Waals surface area contributed by atoms with Crippen molar-refractivity contribution in [2.45, 2.75) is 25.0 Å². The Morgan fingerprint density at radius 3 is 2.82 bits per heavy atom. The van der Waals surface area contributed by atoms with E-state index in [-0.39, 0.29) is 12.2 Å². The molecule has 0 aliphatic carbocycles. The number of hydrogen-bond acceptors (Lipinski definition) is 3. The van der Waals surface area contributed by atoms with Gasteiger partial charge in [0, 0.05) is 24.8 Å². The van der Waals surface area contributed by atoms with Crippen LogP contribution >= 0.6 is 11.6 Å². The van der Waals surface area contributed by atoms with Crippen LogP contribution < -0.4 is 5.73 Å². The minimum absolute atomic E-state index is 0.0724. The van der Waals surface area contributed by atoms with Crippen molar-refractivity contribution >= 4 is 11.6 Å². The third kappa shape index (κ3) is 3.68. The van der Waals surface area contributed by atoms with Crippen LogP contribution in [0, 0.1) is 0 Å². The van der Waals surface area contributed by atoms with Gasteiger partial charge < -0.3 is 15.2 Å².